The summed E-state index contributed by atoms with van der Waals surface area (Å²) < 4.78 is 0. The Bertz CT molecular complexity index is 174. The average Bonchev–Trinajstić information content (AvgIpc) is 2.17. The standard InChI is InChI=1S/C12H21Si/c1-9(2)11-5-4-6-12(7-11)10(3)8-13/h10-12H,1,4-8H2,2-3H3. The Kier molecular flexibility index (Phi) is 4.24. The molecule has 73 valence electrons. The second-order valence-electron chi connectivity index (χ2n) is 4.65. The smallest absolute Gasteiger partial charge is 0.0225 e. The fourth-order valence-electron chi connectivity index (χ4n) is 2.36. The molecule has 3 radical (unpaired) electrons. The monoisotopic (exact) mass is 193 g/mol. The lowest BCUT2D eigenvalue weighted by atomic mass is 9.74. The van der Waals surface area contributed by atoms with Crippen LogP contribution >= 0.6 is 0 Å². The summed E-state index contributed by atoms with van der Waals surface area (Å²) in [5.74, 6) is 2.56. The highest BCUT2D eigenvalue weighted by atomic mass is 28.1. The van der Waals surface area contributed by atoms with Gasteiger partial charge in [0.15, 0.2) is 0 Å². The fraction of sp³-hybridized carbons (Fsp3) is 0.833. The molecule has 3 atom stereocenters. The Morgan fingerprint density at radius 3 is 2.77 bits per heavy atom. The molecule has 1 rings (SSSR count). The van der Waals surface area contributed by atoms with Crippen LogP contribution in [-0.2, 0) is 0 Å². The van der Waals surface area contributed by atoms with Gasteiger partial charge >= 0.3 is 0 Å². The van der Waals surface area contributed by atoms with Gasteiger partial charge in [0.2, 0.25) is 0 Å². The van der Waals surface area contributed by atoms with Crippen molar-refractivity contribution in [2.45, 2.75) is 45.6 Å². The third kappa shape index (κ3) is 2.98. The first-order valence-electron chi connectivity index (χ1n) is 5.45. The molecule has 0 amide bonds. The van der Waals surface area contributed by atoms with E-state index < -0.39 is 0 Å². The van der Waals surface area contributed by atoms with Crippen LogP contribution in [0.5, 0.6) is 0 Å². The van der Waals surface area contributed by atoms with Crippen LogP contribution in [0.1, 0.15) is 39.5 Å². The van der Waals surface area contributed by atoms with Crippen molar-refractivity contribution >= 4 is 10.2 Å². The van der Waals surface area contributed by atoms with Gasteiger partial charge in [-0.15, -0.1) is 0 Å². The van der Waals surface area contributed by atoms with Gasteiger partial charge in [0.1, 0.15) is 0 Å². The summed E-state index contributed by atoms with van der Waals surface area (Å²) in [6.45, 7) is 8.63. The predicted octanol–water partition coefficient (Wildman–Crippen LogP) is 3.59. The van der Waals surface area contributed by atoms with Gasteiger partial charge in [0.05, 0.1) is 0 Å². The summed E-state index contributed by atoms with van der Waals surface area (Å²) in [5, 5.41) is 0. The molecule has 1 aliphatic rings. The van der Waals surface area contributed by atoms with E-state index in [1.54, 1.807) is 0 Å². The summed E-state index contributed by atoms with van der Waals surface area (Å²) in [6.07, 6.45) is 5.58. The molecule has 1 saturated carbocycles. The number of allylic oxidation sites excluding steroid dienone is 1. The Morgan fingerprint density at radius 1 is 1.54 bits per heavy atom. The summed E-state index contributed by atoms with van der Waals surface area (Å²) in [5.41, 5.74) is 1.39. The first-order valence-corrected chi connectivity index (χ1v) is 6.15. The zero-order valence-corrected chi connectivity index (χ0v) is 9.97. The van der Waals surface area contributed by atoms with Crippen LogP contribution in [0.4, 0.5) is 0 Å². The first-order chi connectivity index (χ1) is 6.15. The van der Waals surface area contributed by atoms with Gasteiger partial charge in [-0.25, -0.2) is 0 Å². The molecule has 0 heterocycles. The van der Waals surface area contributed by atoms with E-state index >= 15 is 0 Å². The van der Waals surface area contributed by atoms with Crippen LogP contribution in [0.25, 0.3) is 0 Å². The molecular formula is C12H21Si. The minimum Gasteiger partial charge on any atom is -0.0999 e. The minimum atomic E-state index is 0.805. The van der Waals surface area contributed by atoms with Crippen LogP contribution in [0, 0.1) is 17.8 Å². The van der Waals surface area contributed by atoms with Crippen LogP contribution < -0.4 is 0 Å². The predicted molar refractivity (Wildman–Crippen MR) is 60.0 cm³/mol. The maximum absolute atomic E-state index is 4.09. The number of hydrogen-bond donors (Lipinski definition) is 0. The third-order valence-electron chi connectivity index (χ3n) is 3.54. The van der Waals surface area contributed by atoms with Crippen LogP contribution in [0.2, 0.25) is 6.04 Å². The third-order valence-corrected chi connectivity index (χ3v) is 4.18. The van der Waals surface area contributed by atoms with Gasteiger partial charge in [-0.05, 0) is 37.5 Å². The zero-order chi connectivity index (χ0) is 9.84. The van der Waals surface area contributed by atoms with E-state index in [0.29, 0.717) is 0 Å². The van der Waals surface area contributed by atoms with Crippen molar-refractivity contribution in [1.82, 2.24) is 0 Å². The Morgan fingerprint density at radius 2 is 2.23 bits per heavy atom. The van der Waals surface area contributed by atoms with Crippen LogP contribution in [0.15, 0.2) is 12.2 Å². The lowest BCUT2D eigenvalue weighted by Crippen LogP contribution is -2.21. The lowest BCUT2D eigenvalue weighted by Gasteiger charge is -2.33. The Labute approximate surface area is 86.2 Å². The molecule has 0 aliphatic heterocycles. The molecule has 0 N–H and O–H groups in total. The van der Waals surface area contributed by atoms with Gasteiger partial charge in [-0.2, -0.15) is 0 Å². The van der Waals surface area contributed by atoms with E-state index in [0.717, 1.165) is 23.8 Å². The van der Waals surface area contributed by atoms with E-state index in [-0.39, 0.29) is 0 Å². The van der Waals surface area contributed by atoms with Crippen molar-refractivity contribution in [3.8, 4) is 0 Å². The van der Waals surface area contributed by atoms with Gasteiger partial charge < -0.3 is 0 Å². The summed E-state index contributed by atoms with van der Waals surface area (Å²) in [6, 6.07) is 1.15. The molecule has 1 aliphatic carbocycles. The topological polar surface area (TPSA) is 0 Å². The normalized spacial score (nSPS) is 31.3. The van der Waals surface area contributed by atoms with Crippen molar-refractivity contribution in [2.75, 3.05) is 0 Å². The van der Waals surface area contributed by atoms with Gasteiger partial charge in [-0.1, -0.05) is 38.0 Å². The number of rotatable bonds is 3. The molecule has 13 heavy (non-hydrogen) atoms. The summed E-state index contributed by atoms with van der Waals surface area (Å²) in [4.78, 5) is 0. The minimum absolute atomic E-state index is 0.805. The van der Waals surface area contributed by atoms with Gasteiger partial charge in [0, 0.05) is 10.2 Å². The average molecular weight is 193 g/mol. The van der Waals surface area contributed by atoms with Crippen LogP contribution in [0.3, 0.4) is 0 Å². The molecule has 0 aromatic rings. The van der Waals surface area contributed by atoms with Crippen molar-refractivity contribution in [1.29, 1.82) is 0 Å². The Balaban J connectivity index is 2.46. The Hall–Kier alpha value is -0.0431. The highest BCUT2D eigenvalue weighted by Gasteiger charge is 2.25. The zero-order valence-electron chi connectivity index (χ0n) is 8.97. The molecule has 3 unspecified atom stereocenters. The summed E-state index contributed by atoms with van der Waals surface area (Å²) in [7, 11) is 3.63. The molecule has 0 aromatic carbocycles. The fourth-order valence-corrected chi connectivity index (χ4v) is 2.69. The molecule has 0 nitrogen and oxygen atoms in total. The number of hydrogen-bond acceptors (Lipinski definition) is 0. The second kappa shape index (κ2) is 4.99. The molecule has 1 heteroatoms. The largest absolute Gasteiger partial charge is 0.0999 e. The van der Waals surface area contributed by atoms with E-state index in [4.69, 9.17) is 0 Å². The van der Waals surface area contributed by atoms with Gasteiger partial charge in [-0.3, -0.25) is 0 Å². The molecule has 1 fully saturated rings. The maximum Gasteiger partial charge on any atom is 0.0225 e. The van der Waals surface area contributed by atoms with Crippen LogP contribution in [-0.4, -0.2) is 10.2 Å². The first kappa shape index (κ1) is 11.0. The summed E-state index contributed by atoms with van der Waals surface area (Å²) >= 11 is 0. The molecular weight excluding hydrogens is 172 g/mol. The molecule has 0 saturated heterocycles. The van der Waals surface area contributed by atoms with Crippen molar-refractivity contribution in [3.05, 3.63) is 12.2 Å². The van der Waals surface area contributed by atoms with Gasteiger partial charge in [0.25, 0.3) is 0 Å². The molecule has 0 spiro atoms. The van der Waals surface area contributed by atoms with E-state index in [1.807, 2.05) is 0 Å². The van der Waals surface area contributed by atoms with Crippen molar-refractivity contribution < 1.29 is 0 Å². The molecule has 0 aromatic heterocycles. The van der Waals surface area contributed by atoms with Crippen molar-refractivity contribution in [2.24, 2.45) is 17.8 Å². The maximum atomic E-state index is 4.09. The highest BCUT2D eigenvalue weighted by molar-refractivity contribution is 6.08. The highest BCUT2D eigenvalue weighted by Crippen LogP contribution is 2.37. The van der Waals surface area contributed by atoms with E-state index in [1.165, 1.54) is 31.3 Å². The van der Waals surface area contributed by atoms with E-state index in [9.17, 15) is 0 Å². The quantitative estimate of drug-likeness (QED) is 0.474. The van der Waals surface area contributed by atoms with E-state index in [2.05, 4.69) is 30.7 Å². The lowest BCUT2D eigenvalue weighted by molar-refractivity contribution is 0.235. The second-order valence-corrected chi connectivity index (χ2v) is 5.06. The van der Waals surface area contributed by atoms with Crippen molar-refractivity contribution in [3.63, 3.8) is 0 Å². The SMILES string of the molecule is C=C(C)C1CCCC(C(C)C[Si])C1. The molecule has 0 bridgehead atoms.